The van der Waals surface area contributed by atoms with Gasteiger partial charge in [-0.15, -0.1) is 0 Å². The zero-order chi connectivity index (χ0) is 6.69. The van der Waals surface area contributed by atoms with Crippen molar-refractivity contribution < 1.29 is 9.84 Å². The van der Waals surface area contributed by atoms with Crippen molar-refractivity contribution in [1.29, 1.82) is 0 Å². The maximum absolute atomic E-state index is 9.08. The number of hydrogen-bond donors (Lipinski definition) is 2. The largest absolute Gasteiger partial charge is 0.388 e. The van der Waals surface area contributed by atoms with Crippen LogP contribution in [0.15, 0.2) is 12.8 Å². The lowest BCUT2D eigenvalue weighted by Crippen LogP contribution is -2.35. The summed E-state index contributed by atoms with van der Waals surface area (Å²) >= 11 is 0. The van der Waals surface area contributed by atoms with Gasteiger partial charge in [0.2, 0.25) is 0 Å². The maximum Gasteiger partial charge on any atom is 0.0996 e. The monoisotopic (exact) mass is 129 g/mol. The van der Waals surface area contributed by atoms with E-state index in [1.165, 1.54) is 0 Å². The van der Waals surface area contributed by atoms with E-state index in [0.29, 0.717) is 13.2 Å². The molecule has 0 aromatic carbocycles. The molecule has 2 N–H and O–H groups in total. The second-order valence-electron chi connectivity index (χ2n) is 2.08. The number of rotatable bonds is 2. The molecule has 0 unspecified atom stereocenters. The van der Waals surface area contributed by atoms with Crippen LogP contribution >= 0.6 is 0 Å². The molecule has 0 radical (unpaired) electrons. The molecule has 1 rings (SSSR count). The standard InChI is InChI=1S/C6H11NO2/c1-2-7-5-3-9-4-6(5)8/h2,5-8H,1,3-4H2/t5-,6-/m0/s1. The summed E-state index contributed by atoms with van der Waals surface area (Å²) in [4.78, 5) is 0. The molecule has 1 aliphatic rings. The summed E-state index contributed by atoms with van der Waals surface area (Å²) in [6, 6.07) is 0.0440. The van der Waals surface area contributed by atoms with Crippen molar-refractivity contribution in [3.05, 3.63) is 12.8 Å². The molecule has 3 heteroatoms. The summed E-state index contributed by atoms with van der Waals surface area (Å²) in [6.45, 7) is 4.49. The molecule has 1 fully saturated rings. The lowest BCUT2D eigenvalue weighted by atomic mass is 10.2. The number of hydrogen-bond acceptors (Lipinski definition) is 3. The predicted molar refractivity (Wildman–Crippen MR) is 33.9 cm³/mol. The third-order valence-corrected chi connectivity index (χ3v) is 1.38. The maximum atomic E-state index is 9.08. The number of aliphatic hydroxyl groups excluding tert-OH is 1. The Morgan fingerprint density at radius 3 is 2.89 bits per heavy atom. The van der Waals surface area contributed by atoms with E-state index in [1.54, 1.807) is 6.20 Å². The Hall–Kier alpha value is -0.540. The molecule has 0 aromatic rings. The molecule has 0 aliphatic carbocycles. The number of ether oxygens (including phenoxy) is 1. The van der Waals surface area contributed by atoms with Crippen molar-refractivity contribution >= 4 is 0 Å². The van der Waals surface area contributed by atoms with Crippen LogP contribution in [0.5, 0.6) is 0 Å². The van der Waals surface area contributed by atoms with E-state index >= 15 is 0 Å². The average molecular weight is 129 g/mol. The van der Waals surface area contributed by atoms with Crippen LogP contribution in [0.1, 0.15) is 0 Å². The Labute approximate surface area is 54.3 Å². The first kappa shape index (κ1) is 6.58. The van der Waals surface area contributed by atoms with Gasteiger partial charge in [0.25, 0.3) is 0 Å². The minimum atomic E-state index is -0.372. The molecule has 2 atom stereocenters. The topological polar surface area (TPSA) is 41.5 Å². The lowest BCUT2D eigenvalue weighted by molar-refractivity contribution is 0.123. The summed E-state index contributed by atoms with van der Waals surface area (Å²) < 4.78 is 4.96. The quantitative estimate of drug-likeness (QED) is 0.527. The zero-order valence-corrected chi connectivity index (χ0v) is 5.21. The minimum Gasteiger partial charge on any atom is -0.388 e. The van der Waals surface area contributed by atoms with Crippen LogP contribution in [0.4, 0.5) is 0 Å². The van der Waals surface area contributed by atoms with Crippen molar-refractivity contribution in [3.8, 4) is 0 Å². The predicted octanol–water partition coefficient (Wildman–Crippen LogP) is -0.521. The number of nitrogens with one attached hydrogen (secondary N) is 1. The highest BCUT2D eigenvalue weighted by molar-refractivity contribution is 4.84. The van der Waals surface area contributed by atoms with Gasteiger partial charge in [0.1, 0.15) is 0 Å². The first-order chi connectivity index (χ1) is 4.34. The fourth-order valence-electron chi connectivity index (χ4n) is 0.854. The van der Waals surface area contributed by atoms with Crippen molar-refractivity contribution in [2.45, 2.75) is 12.1 Å². The van der Waals surface area contributed by atoms with Crippen LogP contribution in [0.2, 0.25) is 0 Å². The van der Waals surface area contributed by atoms with Crippen LogP contribution in [-0.2, 0) is 4.74 Å². The molecule has 1 aliphatic heterocycles. The molecule has 52 valence electrons. The second kappa shape index (κ2) is 2.85. The van der Waals surface area contributed by atoms with Gasteiger partial charge >= 0.3 is 0 Å². The summed E-state index contributed by atoms with van der Waals surface area (Å²) in [5, 5.41) is 12.0. The van der Waals surface area contributed by atoms with Crippen molar-refractivity contribution in [1.82, 2.24) is 5.32 Å². The van der Waals surface area contributed by atoms with Gasteiger partial charge in [-0.05, 0) is 6.20 Å². The highest BCUT2D eigenvalue weighted by atomic mass is 16.5. The molecule has 3 nitrogen and oxygen atoms in total. The summed E-state index contributed by atoms with van der Waals surface area (Å²) in [6.07, 6.45) is 1.20. The second-order valence-corrected chi connectivity index (χ2v) is 2.08. The van der Waals surface area contributed by atoms with Gasteiger partial charge in [-0.2, -0.15) is 0 Å². The van der Waals surface area contributed by atoms with Crippen LogP contribution in [0.25, 0.3) is 0 Å². The highest BCUT2D eigenvalue weighted by Gasteiger charge is 2.24. The van der Waals surface area contributed by atoms with Crippen LogP contribution in [0, 0.1) is 0 Å². The van der Waals surface area contributed by atoms with Crippen LogP contribution < -0.4 is 5.32 Å². The third-order valence-electron chi connectivity index (χ3n) is 1.38. The van der Waals surface area contributed by atoms with E-state index in [4.69, 9.17) is 9.84 Å². The molecule has 0 spiro atoms. The summed E-state index contributed by atoms with van der Waals surface area (Å²) in [5.41, 5.74) is 0. The average Bonchev–Trinajstić information content (AvgIpc) is 2.18. The van der Waals surface area contributed by atoms with E-state index in [2.05, 4.69) is 11.9 Å². The number of aliphatic hydroxyl groups is 1. The highest BCUT2D eigenvalue weighted by Crippen LogP contribution is 2.03. The zero-order valence-electron chi connectivity index (χ0n) is 5.21. The third kappa shape index (κ3) is 1.43. The van der Waals surface area contributed by atoms with E-state index < -0.39 is 0 Å². The molecule has 1 heterocycles. The summed E-state index contributed by atoms with van der Waals surface area (Å²) in [7, 11) is 0. The molecule has 9 heavy (non-hydrogen) atoms. The Kier molecular flexibility index (Phi) is 2.08. The van der Waals surface area contributed by atoms with E-state index in [1.807, 2.05) is 0 Å². The molecule has 0 saturated carbocycles. The molecule has 0 bridgehead atoms. The minimum absolute atomic E-state index is 0.0440. The normalized spacial score (nSPS) is 34.3. The van der Waals surface area contributed by atoms with Gasteiger partial charge < -0.3 is 15.2 Å². The Morgan fingerprint density at radius 2 is 2.44 bits per heavy atom. The van der Waals surface area contributed by atoms with E-state index in [-0.39, 0.29) is 12.1 Å². The van der Waals surface area contributed by atoms with Crippen LogP contribution in [0.3, 0.4) is 0 Å². The first-order valence-corrected chi connectivity index (χ1v) is 2.97. The van der Waals surface area contributed by atoms with Gasteiger partial charge in [-0.1, -0.05) is 6.58 Å². The van der Waals surface area contributed by atoms with Crippen molar-refractivity contribution in [2.75, 3.05) is 13.2 Å². The fraction of sp³-hybridized carbons (Fsp3) is 0.667. The Morgan fingerprint density at radius 1 is 1.67 bits per heavy atom. The van der Waals surface area contributed by atoms with Gasteiger partial charge in [0, 0.05) is 0 Å². The Bertz CT molecular complexity index is 105. The van der Waals surface area contributed by atoms with Gasteiger partial charge in [0.15, 0.2) is 0 Å². The van der Waals surface area contributed by atoms with Crippen LogP contribution in [-0.4, -0.2) is 30.5 Å². The lowest BCUT2D eigenvalue weighted by Gasteiger charge is -2.10. The van der Waals surface area contributed by atoms with Crippen molar-refractivity contribution in [3.63, 3.8) is 0 Å². The fourth-order valence-corrected chi connectivity index (χ4v) is 0.854. The first-order valence-electron chi connectivity index (χ1n) is 2.97. The summed E-state index contributed by atoms with van der Waals surface area (Å²) in [5.74, 6) is 0. The molecular formula is C6H11NO2. The van der Waals surface area contributed by atoms with E-state index in [0.717, 1.165) is 0 Å². The van der Waals surface area contributed by atoms with Crippen molar-refractivity contribution in [2.24, 2.45) is 0 Å². The SMILES string of the molecule is C=CN[C@H]1COC[C@@H]1O. The smallest absolute Gasteiger partial charge is 0.0996 e. The molecule has 1 saturated heterocycles. The van der Waals surface area contributed by atoms with Gasteiger partial charge in [-0.3, -0.25) is 0 Å². The van der Waals surface area contributed by atoms with E-state index in [9.17, 15) is 0 Å². The van der Waals surface area contributed by atoms with Gasteiger partial charge in [0.05, 0.1) is 25.4 Å². The molecule has 0 amide bonds. The molecule has 0 aromatic heterocycles. The Balaban J connectivity index is 2.30. The van der Waals surface area contributed by atoms with Gasteiger partial charge in [-0.25, -0.2) is 0 Å². The molecular weight excluding hydrogens is 118 g/mol.